The lowest BCUT2D eigenvalue weighted by Gasteiger charge is -2.31. The lowest BCUT2D eigenvalue weighted by molar-refractivity contribution is -0.109. The number of ether oxygens (including phenoxy) is 1. The van der Waals surface area contributed by atoms with Gasteiger partial charge in [0.05, 0.1) is 6.10 Å². The highest BCUT2D eigenvalue weighted by atomic mass is 32.2. The average molecular weight is 236 g/mol. The normalized spacial score (nSPS) is 23.9. The van der Waals surface area contributed by atoms with Crippen molar-refractivity contribution in [2.45, 2.75) is 31.1 Å². The number of rotatable bonds is 2. The van der Waals surface area contributed by atoms with Crippen LogP contribution in [0.3, 0.4) is 0 Å². The summed E-state index contributed by atoms with van der Waals surface area (Å²) in [5.74, 6) is 0. The molecule has 2 unspecified atom stereocenters. The Labute approximate surface area is 100 Å². The van der Waals surface area contributed by atoms with Crippen LogP contribution in [0.2, 0.25) is 0 Å². The number of hydrogen-bond donors (Lipinski definition) is 0. The first-order valence-electron chi connectivity index (χ1n) is 5.50. The van der Waals surface area contributed by atoms with Crippen LogP contribution in [0.5, 0.6) is 0 Å². The van der Waals surface area contributed by atoms with E-state index in [0.717, 1.165) is 12.8 Å². The molecule has 0 N–H and O–H groups in total. The molecule has 0 bridgehead atoms. The number of aryl methyl sites for hydroxylation is 1. The number of methoxy groups -OCH3 is 1. The maximum atomic E-state index is 11.2. The van der Waals surface area contributed by atoms with Gasteiger partial charge in [0.25, 0.3) is 0 Å². The van der Waals surface area contributed by atoms with Crippen molar-refractivity contribution in [3.05, 3.63) is 35.4 Å². The Hall–Kier alpha value is -0.800. The van der Waals surface area contributed by atoms with E-state index in [0.29, 0.717) is 0 Å². The van der Waals surface area contributed by atoms with E-state index in [1.807, 2.05) is 6.07 Å². The highest BCUT2D eigenvalue weighted by molar-refractivity contribution is 8.14. The van der Waals surface area contributed by atoms with Crippen LogP contribution in [0.25, 0.3) is 0 Å². The predicted octanol–water partition coefficient (Wildman–Crippen LogP) is 2.97. The van der Waals surface area contributed by atoms with Crippen molar-refractivity contribution in [3.63, 3.8) is 0 Å². The van der Waals surface area contributed by atoms with Gasteiger partial charge in [-0.25, -0.2) is 0 Å². The summed E-state index contributed by atoms with van der Waals surface area (Å²) in [5.41, 5.74) is 2.60. The molecule has 0 aliphatic heterocycles. The van der Waals surface area contributed by atoms with Gasteiger partial charge < -0.3 is 4.74 Å². The molecule has 0 radical (unpaired) electrons. The maximum absolute atomic E-state index is 11.2. The molecule has 2 nitrogen and oxygen atoms in total. The van der Waals surface area contributed by atoms with Crippen LogP contribution in [0, 0.1) is 0 Å². The van der Waals surface area contributed by atoms with Gasteiger partial charge in [-0.05, 0) is 24.0 Å². The van der Waals surface area contributed by atoms with E-state index in [-0.39, 0.29) is 16.5 Å². The van der Waals surface area contributed by atoms with Gasteiger partial charge in [-0.2, -0.15) is 0 Å². The highest BCUT2D eigenvalue weighted by Crippen LogP contribution is 2.38. The molecule has 0 aromatic heterocycles. The third-order valence-corrected chi connectivity index (χ3v) is 4.09. The molecule has 0 heterocycles. The lowest BCUT2D eigenvalue weighted by Crippen LogP contribution is -2.25. The zero-order valence-electron chi connectivity index (χ0n) is 9.60. The number of benzene rings is 1. The second kappa shape index (κ2) is 5.02. The third kappa shape index (κ3) is 2.30. The molecule has 0 amide bonds. The Morgan fingerprint density at radius 3 is 2.88 bits per heavy atom. The molecular weight excluding hydrogens is 220 g/mol. The minimum atomic E-state index is 0.0545. The molecule has 0 fully saturated rings. The van der Waals surface area contributed by atoms with E-state index in [9.17, 15) is 4.79 Å². The summed E-state index contributed by atoms with van der Waals surface area (Å²) in [6, 6.07) is 8.35. The first-order chi connectivity index (χ1) is 7.72. The average Bonchev–Trinajstić information content (AvgIpc) is 2.28. The summed E-state index contributed by atoms with van der Waals surface area (Å²) in [6.07, 6.45) is 2.11. The number of carbonyl (C=O) groups is 1. The molecule has 86 valence electrons. The summed E-state index contributed by atoms with van der Waals surface area (Å²) in [7, 11) is 1.72. The molecule has 3 heteroatoms. The zero-order valence-corrected chi connectivity index (χ0v) is 10.4. The van der Waals surface area contributed by atoms with E-state index in [1.165, 1.54) is 22.9 Å². The molecule has 1 aromatic carbocycles. The summed E-state index contributed by atoms with van der Waals surface area (Å²) in [5, 5.41) is 0.434. The summed E-state index contributed by atoms with van der Waals surface area (Å²) >= 11 is 1.41. The van der Waals surface area contributed by atoms with E-state index in [4.69, 9.17) is 4.74 Å². The second-order valence-corrected chi connectivity index (χ2v) is 5.46. The van der Waals surface area contributed by atoms with Crippen LogP contribution in [0.1, 0.15) is 30.6 Å². The van der Waals surface area contributed by atoms with Crippen molar-refractivity contribution in [2.24, 2.45) is 0 Å². The van der Waals surface area contributed by atoms with Crippen molar-refractivity contribution in [3.8, 4) is 0 Å². The molecule has 2 rings (SSSR count). The van der Waals surface area contributed by atoms with Gasteiger partial charge in [0.2, 0.25) is 0 Å². The minimum absolute atomic E-state index is 0.0545. The molecule has 0 spiro atoms. The van der Waals surface area contributed by atoms with Crippen LogP contribution in [-0.2, 0) is 16.0 Å². The van der Waals surface area contributed by atoms with Gasteiger partial charge in [0.15, 0.2) is 5.12 Å². The van der Waals surface area contributed by atoms with Crippen molar-refractivity contribution < 1.29 is 9.53 Å². The predicted molar refractivity (Wildman–Crippen MR) is 66.6 cm³/mol. The topological polar surface area (TPSA) is 26.3 Å². The SMILES string of the molecule is COC1c2ccccc2CCC1SC(C)=O. The zero-order chi connectivity index (χ0) is 11.5. The number of carbonyl (C=O) groups excluding carboxylic acids is 1. The van der Waals surface area contributed by atoms with Gasteiger partial charge >= 0.3 is 0 Å². The fourth-order valence-corrected chi connectivity index (χ4v) is 3.34. The van der Waals surface area contributed by atoms with Gasteiger partial charge in [-0.3, -0.25) is 4.79 Å². The molecular formula is C13H16O2S. The first-order valence-corrected chi connectivity index (χ1v) is 6.38. The van der Waals surface area contributed by atoms with E-state index in [1.54, 1.807) is 14.0 Å². The molecule has 0 saturated carbocycles. The van der Waals surface area contributed by atoms with Gasteiger partial charge in [-0.1, -0.05) is 36.0 Å². The van der Waals surface area contributed by atoms with Crippen molar-refractivity contribution in [1.29, 1.82) is 0 Å². The molecule has 2 atom stereocenters. The Balaban J connectivity index is 2.26. The van der Waals surface area contributed by atoms with E-state index in [2.05, 4.69) is 18.2 Å². The largest absolute Gasteiger partial charge is 0.376 e. The number of thioether (sulfide) groups is 1. The fraction of sp³-hybridized carbons (Fsp3) is 0.462. The Kier molecular flexibility index (Phi) is 3.66. The molecule has 16 heavy (non-hydrogen) atoms. The molecule has 1 aliphatic carbocycles. The Morgan fingerprint density at radius 1 is 1.44 bits per heavy atom. The standard InChI is InChI=1S/C13H16O2S/c1-9(14)16-12-8-7-10-5-3-4-6-11(10)13(12)15-2/h3-6,12-13H,7-8H2,1-2H3. The summed E-state index contributed by atoms with van der Waals surface area (Å²) < 4.78 is 5.56. The first kappa shape index (κ1) is 11.7. The summed E-state index contributed by atoms with van der Waals surface area (Å²) in [6.45, 7) is 1.62. The fourth-order valence-electron chi connectivity index (χ4n) is 2.30. The number of fused-ring (bicyclic) bond motifs is 1. The van der Waals surface area contributed by atoms with Crippen LogP contribution < -0.4 is 0 Å². The van der Waals surface area contributed by atoms with Crippen LogP contribution >= 0.6 is 11.8 Å². The maximum Gasteiger partial charge on any atom is 0.186 e. The van der Waals surface area contributed by atoms with Gasteiger partial charge in [-0.15, -0.1) is 0 Å². The van der Waals surface area contributed by atoms with E-state index >= 15 is 0 Å². The molecule has 0 saturated heterocycles. The van der Waals surface area contributed by atoms with Crippen molar-refractivity contribution >= 4 is 16.9 Å². The Morgan fingerprint density at radius 2 is 2.19 bits per heavy atom. The van der Waals surface area contributed by atoms with E-state index < -0.39 is 0 Å². The highest BCUT2D eigenvalue weighted by Gasteiger charge is 2.30. The molecule has 1 aliphatic rings. The second-order valence-electron chi connectivity index (χ2n) is 4.04. The quantitative estimate of drug-likeness (QED) is 0.789. The Bertz CT molecular complexity index is 389. The van der Waals surface area contributed by atoms with Crippen LogP contribution in [0.15, 0.2) is 24.3 Å². The summed E-state index contributed by atoms with van der Waals surface area (Å²) in [4.78, 5) is 11.2. The lowest BCUT2D eigenvalue weighted by atomic mass is 9.89. The van der Waals surface area contributed by atoms with Gasteiger partial charge in [0, 0.05) is 19.3 Å². The van der Waals surface area contributed by atoms with Crippen molar-refractivity contribution in [2.75, 3.05) is 7.11 Å². The number of hydrogen-bond acceptors (Lipinski definition) is 3. The van der Waals surface area contributed by atoms with Crippen LogP contribution in [-0.4, -0.2) is 17.5 Å². The van der Waals surface area contributed by atoms with Crippen molar-refractivity contribution in [1.82, 2.24) is 0 Å². The third-order valence-electron chi connectivity index (χ3n) is 2.97. The minimum Gasteiger partial charge on any atom is -0.376 e. The molecule has 1 aromatic rings. The smallest absolute Gasteiger partial charge is 0.186 e. The monoisotopic (exact) mass is 236 g/mol. The van der Waals surface area contributed by atoms with Gasteiger partial charge in [0.1, 0.15) is 0 Å². The van der Waals surface area contributed by atoms with Crippen LogP contribution in [0.4, 0.5) is 0 Å².